The third-order valence-electron chi connectivity index (χ3n) is 3.44. The van der Waals surface area contributed by atoms with Gasteiger partial charge in [-0.15, -0.1) is 0 Å². The van der Waals surface area contributed by atoms with Gasteiger partial charge >= 0.3 is 0 Å². The number of hydrogen-bond donors (Lipinski definition) is 2. The molecule has 1 saturated heterocycles. The molecule has 1 aliphatic heterocycles. The molecule has 0 saturated carbocycles. The number of hydrogen-bond acceptors (Lipinski definition) is 3. The lowest BCUT2D eigenvalue weighted by molar-refractivity contribution is 0.0950. The molecule has 0 atom stereocenters. The Morgan fingerprint density at radius 2 is 1.89 bits per heavy atom. The zero-order valence-electron chi connectivity index (χ0n) is 11.6. The molecule has 19 heavy (non-hydrogen) atoms. The molecule has 2 rings (SSSR count). The van der Waals surface area contributed by atoms with E-state index in [1.807, 2.05) is 24.3 Å². The predicted octanol–water partition coefficient (Wildman–Crippen LogP) is 1.94. The maximum absolute atomic E-state index is 11.9. The topological polar surface area (TPSA) is 44.4 Å². The average molecular weight is 261 g/mol. The van der Waals surface area contributed by atoms with Crippen LogP contribution in [0.3, 0.4) is 0 Å². The van der Waals surface area contributed by atoms with E-state index in [9.17, 15) is 4.79 Å². The van der Waals surface area contributed by atoms with Crippen molar-refractivity contribution in [3.05, 3.63) is 29.8 Å². The van der Waals surface area contributed by atoms with Gasteiger partial charge in [0.2, 0.25) is 0 Å². The Morgan fingerprint density at radius 1 is 1.21 bits per heavy atom. The van der Waals surface area contributed by atoms with E-state index in [-0.39, 0.29) is 5.91 Å². The Kier molecular flexibility index (Phi) is 5.21. The molecule has 4 nitrogen and oxygen atoms in total. The molecule has 0 aliphatic carbocycles. The number of nitrogens with one attached hydrogen (secondary N) is 2. The molecule has 2 N–H and O–H groups in total. The number of amides is 1. The molecule has 1 fully saturated rings. The van der Waals surface area contributed by atoms with Crippen LogP contribution in [0.15, 0.2) is 24.3 Å². The highest BCUT2D eigenvalue weighted by atomic mass is 16.1. The van der Waals surface area contributed by atoms with Crippen LogP contribution in [0.25, 0.3) is 0 Å². The van der Waals surface area contributed by atoms with Crippen molar-refractivity contribution < 1.29 is 4.79 Å². The Labute approximate surface area is 115 Å². The molecule has 0 spiro atoms. The highest BCUT2D eigenvalue weighted by Crippen LogP contribution is 2.09. The van der Waals surface area contributed by atoms with Gasteiger partial charge < -0.3 is 15.5 Å². The van der Waals surface area contributed by atoms with Crippen molar-refractivity contribution in [3.8, 4) is 0 Å². The molecule has 1 aromatic rings. The predicted molar refractivity (Wildman–Crippen MR) is 78.6 cm³/mol. The van der Waals surface area contributed by atoms with Crippen LogP contribution in [-0.2, 0) is 0 Å². The number of likely N-dealkylation sites (tertiary alicyclic amines) is 1. The van der Waals surface area contributed by atoms with E-state index in [1.165, 1.54) is 25.9 Å². The van der Waals surface area contributed by atoms with Gasteiger partial charge in [-0.3, -0.25) is 4.79 Å². The first-order valence-corrected chi connectivity index (χ1v) is 7.14. The normalized spacial score (nSPS) is 15.4. The van der Waals surface area contributed by atoms with Crippen LogP contribution >= 0.6 is 0 Å². The number of carbonyl (C=O) groups excluding carboxylic acids is 1. The van der Waals surface area contributed by atoms with Gasteiger partial charge in [-0.25, -0.2) is 0 Å². The smallest absolute Gasteiger partial charge is 0.251 e. The third-order valence-corrected chi connectivity index (χ3v) is 3.44. The summed E-state index contributed by atoms with van der Waals surface area (Å²) >= 11 is 0. The van der Waals surface area contributed by atoms with Crippen LogP contribution < -0.4 is 10.6 Å². The standard InChI is InChI=1S/C15H23N3O/c1-2-16-14-7-5-13(6-8-14)15(19)17-9-12-18-10-3-4-11-18/h5-8,16H,2-4,9-12H2,1H3,(H,17,19). The minimum absolute atomic E-state index is 0.0160. The Morgan fingerprint density at radius 3 is 2.53 bits per heavy atom. The van der Waals surface area contributed by atoms with E-state index < -0.39 is 0 Å². The molecule has 1 amide bonds. The van der Waals surface area contributed by atoms with Crippen molar-refractivity contribution in [2.24, 2.45) is 0 Å². The second-order valence-corrected chi connectivity index (χ2v) is 4.91. The Hall–Kier alpha value is -1.55. The Bertz CT molecular complexity index is 396. The minimum atomic E-state index is 0.0160. The fraction of sp³-hybridized carbons (Fsp3) is 0.533. The van der Waals surface area contributed by atoms with Gasteiger partial charge in [0.25, 0.3) is 5.91 Å². The van der Waals surface area contributed by atoms with Crippen LogP contribution in [-0.4, -0.2) is 43.5 Å². The molecule has 1 heterocycles. The molecule has 1 aromatic carbocycles. The quantitative estimate of drug-likeness (QED) is 0.822. The molecular formula is C15H23N3O. The lowest BCUT2D eigenvalue weighted by Crippen LogP contribution is -2.33. The average Bonchev–Trinajstić information content (AvgIpc) is 2.93. The van der Waals surface area contributed by atoms with Crippen molar-refractivity contribution in [2.45, 2.75) is 19.8 Å². The first-order valence-electron chi connectivity index (χ1n) is 7.14. The number of rotatable bonds is 6. The summed E-state index contributed by atoms with van der Waals surface area (Å²) in [6.07, 6.45) is 2.58. The lowest BCUT2D eigenvalue weighted by Gasteiger charge is -2.14. The summed E-state index contributed by atoms with van der Waals surface area (Å²) in [5.74, 6) is 0.0160. The van der Waals surface area contributed by atoms with E-state index in [2.05, 4.69) is 22.5 Å². The highest BCUT2D eigenvalue weighted by molar-refractivity contribution is 5.94. The minimum Gasteiger partial charge on any atom is -0.385 e. The van der Waals surface area contributed by atoms with Crippen molar-refractivity contribution in [2.75, 3.05) is 38.0 Å². The second-order valence-electron chi connectivity index (χ2n) is 4.91. The van der Waals surface area contributed by atoms with Crippen molar-refractivity contribution in [3.63, 3.8) is 0 Å². The van der Waals surface area contributed by atoms with Gasteiger partial charge in [-0.2, -0.15) is 0 Å². The molecule has 0 bridgehead atoms. The van der Waals surface area contributed by atoms with E-state index in [4.69, 9.17) is 0 Å². The highest BCUT2D eigenvalue weighted by Gasteiger charge is 2.11. The summed E-state index contributed by atoms with van der Waals surface area (Å²) in [6, 6.07) is 7.62. The number of benzene rings is 1. The maximum Gasteiger partial charge on any atom is 0.251 e. The molecular weight excluding hydrogens is 238 g/mol. The fourth-order valence-corrected chi connectivity index (χ4v) is 2.38. The van der Waals surface area contributed by atoms with Gasteiger partial charge in [0.05, 0.1) is 0 Å². The summed E-state index contributed by atoms with van der Waals surface area (Å²) in [4.78, 5) is 14.3. The van der Waals surface area contributed by atoms with Crippen LogP contribution in [0, 0.1) is 0 Å². The number of nitrogens with zero attached hydrogens (tertiary/aromatic N) is 1. The summed E-state index contributed by atoms with van der Waals surface area (Å²) in [5.41, 5.74) is 1.78. The second kappa shape index (κ2) is 7.14. The molecule has 4 heteroatoms. The van der Waals surface area contributed by atoms with Gasteiger partial charge in [-0.1, -0.05) is 0 Å². The monoisotopic (exact) mass is 261 g/mol. The van der Waals surface area contributed by atoms with Crippen LogP contribution in [0.1, 0.15) is 30.1 Å². The summed E-state index contributed by atoms with van der Waals surface area (Å²) in [6.45, 7) is 6.98. The summed E-state index contributed by atoms with van der Waals surface area (Å²) < 4.78 is 0. The van der Waals surface area contributed by atoms with E-state index >= 15 is 0 Å². The van der Waals surface area contributed by atoms with Gasteiger partial charge in [-0.05, 0) is 57.1 Å². The maximum atomic E-state index is 11.9. The summed E-state index contributed by atoms with van der Waals surface area (Å²) in [7, 11) is 0. The molecule has 104 valence electrons. The zero-order chi connectivity index (χ0) is 13.5. The van der Waals surface area contributed by atoms with Gasteiger partial charge in [0.1, 0.15) is 0 Å². The van der Waals surface area contributed by atoms with Gasteiger partial charge in [0, 0.05) is 30.9 Å². The summed E-state index contributed by atoms with van der Waals surface area (Å²) in [5, 5.41) is 6.19. The van der Waals surface area contributed by atoms with Crippen LogP contribution in [0.4, 0.5) is 5.69 Å². The first kappa shape index (κ1) is 13.9. The van der Waals surface area contributed by atoms with E-state index in [0.29, 0.717) is 0 Å². The molecule has 0 radical (unpaired) electrons. The van der Waals surface area contributed by atoms with Crippen molar-refractivity contribution in [1.29, 1.82) is 0 Å². The number of anilines is 1. The largest absolute Gasteiger partial charge is 0.385 e. The first-order chi connectivity index (χ1) is 9.29. The van der Waals surface area contributed by atoms with Crippen LogP contribution in [0.2, 0.25) is 0 Å². The molecule has 0 unspecified atom stereocenters. The third kappa shape index (κ3) is 4.24. The molecule has 1 aliphatic rings. The van der Waals surface area contributed by atoms with Crippen LogP contribution in [0.5, 0.6) is 0 Å². The molecule has 0 aromatic heterocycles. The van der Waals surface area contributed by atoms with Crippen molar-refractivity contribution >= 4 is 11.6 Å². The SMILES string of the molecule is CCNc1ccc(C(=O)NCCN2CCCC2)cc1. The lowest BCUT2D eigenvalue weighted by atomic mass is 10.2. The van der Waals surface area contributed by atoms with Crippen molar-refractivity contribution in [1.82, 2.24) is 10.2 Å². The zero-order valence-corrected chi connectivity index (χ0v) is 11.6. The van der Waals surface area contributed by atoms with Gasteiger partial charge in [0.15, 0.2) is 0 Å². The fourth-order valence-electron chi connectivity index (χ4n) is 2.38. The Balaban J connectivity index is 1.75. The van der Waals surface area contributed by atoms with E-state index in [0.717, 1.165) is 30.9 Å². The number of carbonyl (C=O) groups is 1. The van der Waals surface area contributed by atoms with E-state index in [1.54, 1.807) is 0 Å².